The number of thiazole rings is 1. The van der Waals surface area contributed by atoms with Gasteiger partial charge in [0, 0.05) is 19.0 Å². The Morgan fingerprint density at radius 1 is 1.30 bits per heavy atom. The number of aryl methyl sites for hydroxylation is 1. The SMILES string of the molecule is COc1ccc(CNC(=O)N(C)Cc2csc(C)n2)cc1OC. The second kappa shape index (κ2) is 7.82. The quantitative estimate of drug-likeness (QED) is 0.882. The van der Waals surface area contributed by atoms with Crippen molar-refractivity contribution in [3.05, 3.63) is 39.8 Å². The van der Waals surface area contributed by atoms with E-state index in [1.54, 1.807) is 37.5 Å². The number of methoxy groups -OCH3 is 2. The number of hydrogen-bond donors (Lipinski definition) is 1. The minimum absolute atomic E-state index is 0.148. The number of carbonyl (C=O) groups excluding carboxylic acids is 1. The summed E-state index contributed by atoms with van der Waals surface area (Å²) in [5, 5.41) is 5.85. The molecule has 1 aromatic carbocycles. The van der Waals surface area contributed by atoms with Crippen molar-refractivity contribution in [3.63, 3.8) is 0 Å². The van der Waals surface area contributed by atoms with Crippen molar-refractivity contribution in [3.8, 4) is 11.5 Å². The largest absolute Gasteiger partial charge is 0.493 e. The first-order valence-corrected chi connectivity index (χ1v) is 8.02. The van der Waals surface area contributed by atoms with Crippen LogP contribution in [0.25, 0.3) is 0 Å². The van der Waals surface area contributed by atoms with Gasteiger partial charge in [0.25, 0.3) is 0 Å². The molecule has 0 unspecified atom stereocenters. The zero-order chi connectivity index (χ0) is 16.8. The van der Waals surface area contributed by atoms with Crippen LogP contribution < -0.4 is 14.8 Å². The summed E-state index contributed by atoms with van der Waals surface area (Å²) in [7, 11) is 4.93. The Bertz CT molecular complexity index is 672. The van der Waals surface area contributed by atoms with E-state index >= 15 is 0 Å². The molecule has 6 nitrogen and oxygen atoms in total. The molecule has 0 radical (unpaired) electrons. The van der Waals surface area contributed by atoms with Crippen LogP contribution in [0.4, 0.5) is 4.79 Å². The van der Waals surface area contributed by atoms with Crippen molar-refractivity contribution >= 4 is 17.4 Å². The third kappa shape index (κ3) is 4.59. The van der Waals surface area contributed by atoms with Crippen molar-refractivity contribution in [1.29, 1.82) is 0 Å². The highest BCUT2D eigenvalue weighted by molar-refractivity contribution is 7.09. The second-order valence-corrected chi connectivity index (χ2v) is 6.12. The van der Waals surface area contributed by atoms with E-state index in [1.807, 2.05) is 30.5 Å². The molecule has 124 valence electrons. The minimum Gasteiger partial charge on any atom is -0.493 e. The highest BCUT2D eigenvalue weighted by Crippen LogP contribution is 2.27. The zero-order valence-corrected chi connectivity index (χ0v) is 14.6. The van der Waals surface area contributed by atoms with Gasteiger partial charge in [-0.3, -0.25) is 0 Å². The average Bonchev–Trinajstić information content (AvgIpc) is 2.96. The van der Waals surface area contributed by atoms with Gasteiger partial charge in [0.2, 0.25) is 0 Å². The lowest BCUT2D eigenvalue weighted by atomic mass is 10.2. The fourth-order valence-corrected chi connectivity index (χ4v) is 2.70. The zero-order valence-electron chi connectivity index (χ0n) is 13.8. The van der Waals surface area contributed by atoms with Crippen molar-refractivity contribution < 1.29 is 14.3 Å². The number of ether oxygens (including phenoxy) is 2. The topological polar surface area (TPSA) is 63.7 Å². The Morgan fingerprint density at radius 2 is 2.04 bits per heavy atom. The summed E-state index contributed by atoms with van der Waals surface area (Å²) in [6.45, 7) is 2.85. The number of amides is 2. The number of urea groups is 1. The normalized spacial score (nSPS) is 10.3. The summed E-state index contributed by atoms with van der Waals surface area (Å²) >= 11 is 1.58. The van der Waals surface area contributed by atoms with Crippen molar-refractivity contribution in [1.82, 2.24) is 15.2 Å². The van der Waals surface area contributed by atoms with Crippen LogP contribution in [0.15, 0.2) is 23.6 Å². The molecule has 0 atom stereocenters. The number of hydrogen-bond acceptors (Lipinski definition) is 5. The Kier molecular flexibility index (Phi) is 5.81. The minimum atomic E-state index is -0.148. The molecule has 2 amide bonds. The van der Waals surface area contributed by atoms with Crippen LogP contribution in [0.1, 0.15) is 16.3 Å². The molecule has 1 heterocycles. The Morgan fingerprint density at radius 3 is 2.65 bits per heavy atom. The van der Waals surface area contributed by atoms with Gasteiger partial charge >= 0.3 is 6.03 Å². The van der Waals surface area contributed by atoms with Gasteiger partial charge in [0.05, 0.1) is 31.5 Å². The molecule has 0 aliphatic carbocycles. The molecule has 2 rings (SSSR count). The molecule has 0 bridgehead atoms. The molecular formula is C16H21N3O3S. The van der Waals surface area contributed by atoms with Crippen molar-refractivity contribution in [2.75, 3.05) is 21.3 Å². The lowest BCUT2D eigenvalue weighted by molar-refractivity contribution is 0.206. The Hall–Kier alpha value is -2.28. The van der Waals surface area contributed by atoms with Crippen LogP contribution in [-0.4, -0.2) is 37.2 Å². The van der Waals surface area contributed by atoms with Gasteiger partial charge in [-0.25, -0.2) is 9.78 Å². The first-order valence-electron chi connectivity index (χ1n) is 7.14. The van der Waals surface area contributed by atoms with Crippen LogP contribution in [0.3, 0.4) is 0 Å². The van der Waals surface area contributed by atoms with E-state index in [9.17, 15) is 4.79 Å². The molecule has 0 saturated heterocycles. The van der Waals surface area contributed by atoms with Crippen LogP contribution in [0.2, 0.25) is 0 Å². The number of aromatic nitrogens is 1. The summed E-state index contributed by atoms with van der Waals surface area (Å²) in [6.07, 6.45) is 0. The second-order valence-electron chi connectivity index (χ2n) is 5.06. The summed E-state index contributed by atoms with van der Waals surface area (Å²) in [5.74, 6) is 1.31. The van der Waals surface area contributed by atoms with Gasteiger partial charge in [-0.2, -0.15) is 0 Å². The maximum atomic E-state index is 12.1. The van der Waals surface area contributed by atoms with Crippen LogP contribution >= 0.6 is 11.3 Å². The maximum absolute atomic E-state index is 12.1. The smallest absolute Gasteiger partial charge is 0.317 e. The van der Waals surface area contributed by atoms with Crippen LogP contribution in [0.5, 0.6) is 11.5 Å². The first kappa shape index (κ1) is 17.1. The molecule has 0 aliphatic heterocycles. The molecule has 1 aromatic heterocycles. The van der Waals surface area contributed by atoms with E-state index in [4.69, 9.17) is 9.47 Å². The number of nitrogens with one attached hydrogen (secondary N) is 1. The summed E-state index contributed by atoms with van der Waals surface area (Å²) in [6, 6.07) is 5.42. The molecule has 0 fully saturated rings. The van der Waals surface area contributed by atoms with E-state index in [1.165, 1.54) is 0 Å². The van der Waals surface area contributed by atoms with E-state index in [2.05, 4.69) is 10.3 Å². The maximum Gasteiger partial charge on any atom is 0.317 e. The molecule has 2 aromatic rings. The monoisotopic (exact) mass is 335 g/mol. The van der Waals surface area contributed by atoms with Crippen molar-refractivity contribution in [2.24, 2.45) is 0 Å². The van der Waals surface area contributed by atoms with Gasteiger partial charge < -0.3 is 19.7 Å². The Balaban J connectivity index is 1.90. The van der Waals surface area contributed by atoms with E-state index in [0.717, 1.165) is 16.3 Å². The highest BCUT2D eigenvalue weighted by atomic mass is 32.1. The number of benzene rings is 1. The van der Waals surface area contributed by atoms with Crippen molar-refractivity contribution in [2.45, 2.75) is 20.0 Å². The number of carbonyl (C=O) groups is 1. The third-order valence-electron chi connectivity index (χ3n) is 3.30. The fourth-order valence-electron chi connectivity index (χ4n) is 2.10. The molecular weight excluding hydrogens is 314 g/mol. The van der Waals surface area contributed by atoms with Gasteiger partial charge in [-0.05, 0) is 24.6 Å². The number of nitrogens with zero attached hydrogens (tertiary/aromatic N) is 2. The van der Waals surface area contributed by atoms with E-state index < -0.39 is 0 Å². The fraction of sp³-hybridized carbons (Fsp3) is 0.375. The molecule has 1 N–H and O–H groups in total. The first-order chi connectivity index (χ1) is 11.0. The van der Waals surface area contributed by atoms with Gasteiger partial charge in [0.1, 0.15) is 0 Å². The van der Waals surface area contributed by atoms with Gasteiger partial charge in [-0.15, -0.1) is 11.3 Å². The predicted molar refractivity (Wildman–Crippen MR) is 90.1 cm³/mol. The van der Waals surface area contributed by atoms with Crippen LogP contribution in [0, 0.1) is 6.92 Å². The molecule has 0 saturated carbocycles. The third-order valence-corrected chi connectivity index (χ3v) is 4.13. The molecule has 23 heavy (non-hydrogen) atoms. The number of rotatable bonds is 6. The standard InChI is InChI=1S/C16H21N3O3S/c1-11-18-13(10-23-11)9-19(2)16(20)17-8-12-5-6-14(21-3)15(7-12)22-4/h5-7,10H,8-9H2,1-4H3,(H,17,20). The molecule has 0 spiro atoms. The lowest BCUT2D eigenvalue weighted by Gasteiger charge is -2.17. The summed E-state index contributed by atoms with van der Waals surface area (Å²) in [5.41, 5.74) is 1.84. The Labute approximate surface area is 140 Å². The summed E-state index contributed by atoms with van der Waals surface area (Å²) in [4.78, 5) is 18.1. The average molecular weight is 335 g/mol. The highest BCUT2D eigenvalue weighted by Gasteiger charge is 2.11. The summed E-state index contributed by atoms with van der Waals surface area (Å²) < 4.78 is 10.5. The van der Waals surface area contributed by atoms with Gasteiger partial charge in [-0.1, -0.05) is 6.07 Å². The van der Waals surface area contributed by atoms with Crippen LogP contribution in [-0.2, 0) is 13.1 Å². The molecule has 0 aliphatic rings. The lowest BCUT2D eigenvalue weighted by Crippen LogP contribution is -2.36. The van der Waals surface area contributed by atoms with Gasteiger partial charge in [0.15, 0.2) is 11.5 Å². The predicted octanol–water partition coefficient (Wildman–Crippen LogP) is 2.81. The van der Waals surface area contributed by atoms with E-state index in [-0.39, 0.29) is 6.03 Å². The van der Waals surface area contributed by atoms with E-state index in [0.29, 0.717) is 24.6 Å². The molecule has 7 heteroatoms.